The Kier molecular flexibility index (Phi) is 7.21. The number of hydrogen-bond donors (Lipinski definition) is 1. The van der Waals surface area contributed by atoms with Crippen LogP contribution in [0.25, 0.3) is 0 Å². The molecule has 1 aromatic rings. The van der Waals surface area contributed by atoms with E-state index in [-0.39, 0.29) is 11.6 Å². The average Bonchev–Trinajstić information content (AvgIpc) is 2.32. The first kappa shape index (κ1) is 14.5. The van der Waals surface area contributed by atoms with Crippen LogP contribution in [0.5, 0.6) is 0 Å². The highest BCUT2D eigenvalue weighted by molar-refractivity contribution is 7.99. The highest BCUT2D eigenvalue weighted by Crippen LogP contribution is 2.23. The van der Waals surface area contributed by atoms with Gasteiger partial charge in [0.25, 0.3) is 0 Å². The van der Waals surface area contributed by atoms with Crippen LogP contribution >= 0.6 is 11.8 Å². The largest absolute Gasteiger partial charge is 0.317 e. The highest BCUT2D eigenvalue weighted by atomic mass is 32.2. The summed E-state index contributed by atoms with van der Waals surface area (Å²) in [5.74, 6) is 0.118. The quantitative estimate of drug-likeness (QED) is 0.562. The Bertz CT molecular complexity index is 331. The summed E-state index contributed by atoms with van der Waals surface area (Å²) in [6, 6.07) is 3.59. The molecule has 0 atom stereocenters. The zero-order chi connectivity index (χ0) is 12.5. The summed E-state index contributed by atoms with van der Waals surface area (Å²) in [6.45, 7) is 4.18. The summed E-state index contributed by atoms with van der Waals surface area (Å²) in [4.78, 5) is 0.409. The number of hydrogen-bond acceptors (Lipinski definition) is 2. The molecular formula is C13H19F2NS. The molecule has 0 amide bonds. The van der Waals surface area contributed by atoms with E-state index in [9.17, 15) is 8.78 Å². The van der Waals surface area contributed by atoms with Gasteiger partial charge in [-0.2, -0.15) is 0 Å². The van der Waals surface area contributed by atoms with Gasteiger partial charge in [-0.25, -0.2) is 8.78 Å². The number of benzene rings is 1. The molecule has 96 valence electrons. The van der Waals surface area contributed by atoms with E-state index < -0.39 is 0 Å². The minimum Gasteiger partial charge on any atom is -0.317 e. The molecule has 1 nitrogen and oxygen atoms in total. The fourth-order valence-electron chi connectivity index (χ4n) is 1.42. The fraction of sp³-hybridized carbons (Fsp3) is 0.538. The van der Waals surface area contributed by atoms with Crippen molar-refractivity contribution < 1.29 is 8.78 Å². The molecule has 0 radical (unpaired) electrons. The molecule has 1 N–H and O–H groups in total. The van der Waals surface area contributed by atoms with Crippen molar-refractivity contribution in [3.05, 3.63) is 29.8 Å². The van der Waals surface area contributed by atoms with Crippen LogP contribution in [0.1, 0.15) is 26.2 Å². The van der Waals surface area contributed by atoms with Crippen LogP contribution in [0, 0.1) is 11.6 Å². The van der Waals surface area contributed by atoms with Gasteiger partial charge < -0.3 is 5.32 Å². The smallest absolute Gasteiger partial charge is 0.136 e. The number of thioether (sulfide) groups is 1. The minimum atomic E-state index is -0.376. The molecule has 1 aromatic carbocycles. The van der Waals surface area contributed by atoms with E-state index in [0.29, 0.717) is 4.90 Å². The van der Waals surface area contributed by atoms with Gasteiger partial charge in [-0.3, -0.25) is 0 Å². The zero-order valence-electron chi connectivity index (χ0n) is 10.1. The van der Waals surface area contributed by atoms with Crippen LogP contribution in [-0.4, -0.2) is 18.8 Å². The van der Waals surface area contributed by atoms with Crippen LogP contribution < -0.4 is 5.32 Å². The van der Waals surface area contributed by atoms with Crippen LogP contribution in [-0.2, 0) is 0 Å². The predicted molar refractivity (Wildman–Crippen MR) is 69.5 cm³/mol. The maximum Gasteiger partial charge on any atom is 0.136 e. The van der Waals surface area contributed by atoms with E-state index in [0.717, 1.165) is 44.2 Å². The summed E-state index contributed by atoms with van der Waals surface area (Å²) in [7, 11) is 0. The summed E-state index contributed by atoms with van der Waals surface area (Å²) >= 11 is 1.38. The van der Waals surface area contributed by atoms with Crippen molar-refractivity contribution in [3.8, 4) is 0 Å². The summed E-state index contributed by atoms with van der Waals surface area (Å²) in [6.07, 6.45) is 3.23. The summed E-state index contributed by atoms with van der Waals surface area (Å²) in [5, 5.41) is 3.31. The van der Waals surface area contributed by atoms with Crippen molar-refractivity contribution in [2.75, 3.05) is 18.8 Å². The summed E-state index contributed by atoms with van der Waals surface area (Å²) in [5.41, 5.74) is 0. The van der Waals surface area contributed by atoms with Crippen molar-refractivity contribution in [1.29, 1.82) is 0 Å². The Hall–Kier alpha value is -0.610. The number of halogens is 2. The maximum atomic E-state index is 13.2. The van der Waals surface area contributed by atoms with Gasteiger partial charge in [0.1, 0.15) is 11.6 Å². The van der Waals surface area contributed by atoms with Crippen molar-refractivity contribution in [2.24, 2.45) is 0 Å². The molecule has 0 heterocycles. The van der Waals surface area contributed by atoms with Crippen LogP contribution in [0.3, 0.4) is 0 Å². The second kappa shape index (κ2) is 8.48. The lowest BCUT2D eigenvalue weighted by Gasteiger charge is -2.04. The Morgan fingerprint density at radius 3 is 2.76 bits per heavy atom. The topological polar surface area (TPSA) is 12.0 Å². The van der Waals surface area contributed by atoms with E-state index in [1.807, 2.05) is 0 Å². The van der Waals surface area contributed by atoms with E-state index in [1.165, 1.54) is 23.9 Å². The van der Waals surface area contributed by atoms with Gasteiger partial charge in [-0.1, -0.05) is 6.92 Å². The van der Waals surface area contributed by atoms with E-state index >= 15 is 0 Å². The normalized spacial score (nSPS) is 10.8. The monoisotopic (exact) mass is 259 g/mol. The third-order valence-electron chi connectivity index (χ3n) is 2.33. The lowest BCUT2D eigenvalue weighted by molar-refractivity contribution is 0.577. The number of unbranched alkanes of at least 4 members (excludes halogenated alkanes) is 1. The minimum absolute atomic E-state index is 0.333. The van der Waals surface area contributed by atoms with Gasteiger partial charge >= 0.3 is 0 Å². The molecule has 0 fully saturated rings. The van der Waals surface area contributed by atoms with Crippen LogP contribution in [0.4, 0.5) is 8.78 Å². The zero-order valence-corrected chi connectivity index (χ0v) is 11.0. The lowest BCUT2D eigenvalue weighted by Crippen LogP contribution is -2.15. The van der Waals surface area contributed by atoms with Crippen molar-refractivity contribution in [2.45, 2.75) is 31.1 Å². The Balaban J connectivity index is 2.15. The van der Waals surface area contributed by atoms with Crippen molar-refractivity contribution >= 4 is 11.8 Å². The predicted octanol–water partition coefficient (Wildman–Crippen LogP) is 3.84. The lowest BCUT2D eigenvalue weighted by atomic mass is 10.3. The SMILES string of the molecule is CCCNCCCCSc1cc(F)ccc1F. The fourth-order valence-corrected chi connectivity index (χ4v) is 2.39. The van der Waals surface area contributed by atoms with E-state index in [4.69, 9.17) is 0 Å². The molecule has 0 saturated heterocycles. The second-order valence-corrected chi connectivity index (χ2v) is 5.02. The molecule has 0 aliphatic rings. The third kappa shape index (κ3) is 6.03. The average molecular weight is 259 g/mol. The molecule has 0 aliphatic heterocycles. The van der Waals surface area contributed by atoms with Gasteiger partial charge in [0, 0.05) is 4.90 Å². The highest BCUT2D eigenvalue weighted by Gasteiger charge is 2.03. The molecule has 0 unspecified atom stereocenters. The summed E-state index contributed by atoms with van der Waals surface area (Å²) < 4.78 is 26.1. The van der Waals surface area contributed by atoms with Crippen molar-refractivity contribution in [1.82, 2.24) is 5.32 Å². The Morgan fingerprint density at radius 1 is 1.18 bits per heavy atom. The van der Waals surface area contributed by atoms with Gasteiger partial charge in [0.05, 0.1) is 0 Å². The molecular weight excluding hydrogens is 240 g/mol. The van der Waals surface area contributed by atoms with E-state index in [2.05, 4.69) is 12.2 Å². The Labute approximate surface area is 106 Å². The molecule has 0 saturated carbocycles. The molecule has 17 heavy (non-hydrogen) atoms. The van der Waals surface area contributed by atoms with Crippen LogP contribution in [0.2, 0.25) is 0 Å². The second-order valence-electron chi connectivity index (χ2n) is 3.88. The third-order valence-corrected chi connectivity index (χ3v) is 3.44. The molecule has 0 aliphatic carbocycles. The van der Waals surface area contributed by atoms with Crippen molar-refractivity contribution in [3.63, 3.8) is 0 Å². The first-order valence-electron chi connectivity index (χ1n) is 6.02. The van der Waals surface area contributed by atoms with Gasteiger partial charge in [-0.05, 0) is 56.3 Å². The van der Waals surface area contributed by atoms with Gasteiger partial charge in [-0.15, -0.1) is 11.8 Å². The number of rotatable bonds is 8. The van der Waals surface area contributed by atoms with Crippen LogP contribution in [0.15, 0.2) is 23.1 Å². The molecule has 4 heteroatoms. The first-order valence-corrected chi connectivity index (χ1v) is 7.01. The molecule has 0 aromatic heterocycles. The van der Waals surface area contributed by atoms with Gasteiger partial charge in [0.2, 0.25) is 0 Å². The number of nitrogens with one attached hydrogen (secondary N) is 1. The standard InChI is InChI=1S/C13H19F2NS/c1-2-7-16-8-3-4-9-17-13-10-11(14)5-6-12(13)15/h5-6,10,16H,2-4,7-9H2,1H3. The molecule has 1 rings (SSSR count). The first-order chi connectivity index (χ1) is 8.24. The molecule has 0 bridgehead atoms. The molecule has 0 spiro atoms. The van der Waals surface area contributed by atoms with Gasteiger partial charge in [0.15, 0.2) is 0 Å². The van der Waals surface area contributed by atoms with E-state index in [1.54, 1.807) is 0 Å². The maximum absolute atomic E-state index is 13.2. The Morgan fingerprint density at radius 2 is 2.00 bits per heavy atom.